The summed E-state index contributed by atoms with van der Waals surface area (Å²) in [6, 6.07) is 7.93. The summed E-state index contributed by atoms with van der Waals surface area (Å²) in [5, 5.41) is 0. The van der Waals surface area contributed by atoms with Crippen molar-refractivity contribution in [2.24, 2.45) is 23.2 Å². The van der Waals surface area contributed by atoms with Crippen molar-refractivity contribution in [1.82, 2.24) is 0 Å². The Hall–Kier alpha value is -0.910. The maximum atomic E-state index is 10.3. The maximum absolute atomic E-state index is 10.3. The lowest BCUT2D eigenvalue weighted by molar-refractivity contribution is -0.454. The van der Waals surface area contributed by atoms with Gasteiger partial charge in [0.2, 0.25) is 0 Å². The number of phosphoric ester groups is 1. The van der Waals surface area contributed by atoms with Gasteiger partial charge < -0.3 is 4.52 Å². The second-order valence-corrected chi connectivity index (χ2v) is 9.21. The topological polar surface area (TPSA) is 85.2 Å². The highest BCUT2D eigenvalue weighted by molar-refractivity contribution is 7.46. The monoisotopic (exact) mass is 368 g/mol. The average Bonchev–Trinajstić information content (AvgIpc) is 2.43. The number of phosphoric acid groups is 1. The predicted molar refractivity (Wildman–Crippen MR) is 90.5 cm³/mol. The molecule has 138 valence electrons. The second-order valence-electron chi connectivity index (χ2n) is 8.04. The van der Waals surface area contributed by atoms with E-state index in [1.165, 1.54) is 50.7 Å². The van der Waals surface area contributed by atoms with E-state index in [0.717, 1.165) is 24.4 Å². The van der Waals surface area contributed by atoms with Crippen LogP contribution < -0.4 is 4.52 Å². The van der Waals surface area contributed by atoms with E-state index in [2.05, 4.69) is 4.52 Å². The zero-order valence-corrected chi connectivity index (χ0v) is 15.0. The van der Waals surface area contributed by atoms with E-state index >= 15 is 0 Å². The lowest BCUT2D eigenvalue weighted by Crippen LogP contribution is -2.56. The fourth-order valence-electron chi connectivity index (χ4n) is 5.61. The van der Waals surface area contributed by atoms with Gasteiger partial charge in [0.05, 0.1) is 0 Å². The number of hydrogen-bond acceptors (Lipinski definition) is 4. The van der Waals surface area contributed by atoms with Crippen LogP contribution in [0.15, 0.2) is 30.3 Å². The van der Waals surface area contributed by atoms with Crippen molar-refractivity contribution < 1.29 is 28.7 Å². The molecular weight excluding hydrogens is 343 g/mol. The smallest absolute Gasteiger partial charge is 0.404 e. The maximum Gasteiger partial charge on any atom is 0.524 e. The number of rotatable bonds is 3. The van der Waals surface area contributed by atoms with Crippen molar-refractivity contribution in [2.45, 2.75) is 44.6 Å². The molecule has 6 nitrogen and oxygen atoms in total. The van der Waals surface area contributed by atoms with Crippen LogP contribution in [0, 0.1) is 23.2 Å². The van der Waals surface area contributed by atoms with Crippen LogP contribution >= 0.6 is 7.82 Å². The highest BCUT2D eigenvalue weighted by Crippen LogP contribution is 2.62. The zero-order valence-electron chi connectivity index (χ0n) is 14.1. The summed E-state index contributed by atoms with van der Waals surface area (Å²) in [5.41, 5.74) is 0.549. The van der Waals surface area contributed by atoms with Gasteiger partial charge in [0.15, 0.2) is 0 Å². The Morgan fingerprint density at radius 3 is 1.92 bits per heavy atom. The van der Waals surface area contributed by atoms with Crippen LogP contribution in [0.1, 0.15) is 38.5 Å². The lowest BCUT2D eigenvalue weighted by atomic mass is 9.48. The molecule has 4 saturated carbocycles. The van der Waals surface area contributed by atoms with E-state index in [9.17, 15) is 4.57 Å². The minimum atomic E-state index is -4.39. The molecule has 0 spiro atoms. The Morgan fingerprint density at radius 2 is 1.52 bits per heavy atom. The molecule has 5 aliphatic rings. The summed E-state index contributed by atoms with van der Waals surface area (Å²) in [4.78, 5) is 27.0. The van der Waals surface area contributed by atoms with Crippen molar-refractivity contribution in [2.75, 3.05) is 6.61 Å². The molecule has 1 aromatic carbocycles. The van der Waals surface area contributed by atoms with Crippen molar-refractivity contribution in [3.8, 4) is 5.75 Å². The molecule has 1 heterocycles. The third-order valence-corrected chi connectivity index (χ3v) is 6.59. The number of benzene rings is 1. The van der Waals surface area contributed by atoms with E-state index in [-0.39, 0.29) is 5.75 Å². The Balaban J connectivity index is 0.000000131. The summed E-state index contributed by atoms with van der Waals surface area (Å²) in [5.74, 6) is 3.27. The number of para-hydroxylation sites is 1. The van der Waals surface area contributed by atoms with Crippen molar-refractivity contribution in [3.63, 3.8) is 0 Å². The first kappa shape index (κ1) is 17.5. The van der Waals surface area contributed by atoms with Gasteiger partial charge in [-0.15, -0.1) is 0 Å². The lowest BCUT2D eigenvalue weighted by Gasteiger charge is -2.59. The van der Waals surface area contributed by atoms with Crippen molar-refractivity contribution >= 4 is 7.82 Å². The van der Waals surface area contributed by atoms with Gasteiger partial charge in [0.25, 0.3) is 0 Å². The molecule has 4 bridgehead atoms. The average molecular weight is 368 g/mol. The van der Waals surface area contributed by atoms with Gasteiger partial charge in [-0.3, -0.25) is 9.79 Å². The molecule has 1 atom stereocenters. The minimum Gasteiger partial charge on any atom is -0.404 e. The molecule has 5 fully saturated rings. The molecule has 0 aromatic heterocycles. The molecule has 1 saturated heterocycles. The van der Waals surface area contributed by atoms with E-state index in [1.54, 1.807) is 18.2 Å². The molecule has 0 radical (unpaired) electrons. The van der Waals surface area contributed by atoms with Gasteiger partial charge in [-0.2, -0.15) is 0 Å². The molecule has 6 rings (SSSR count). The quantitative estimate of drug-likeness (QED) is 0.625. The predicted octanol–water partition coefficient (Wildman–Crippen LogP) is 3.69. The Bertz CT molecular complexity index is 603. The Morgan fingerprint density at radius 1 is 1.00 bits per heavy atom. The molecule has 1 aliphatic heterocycles. The van der Waals surface area contributed by atoms with Gasteiger partial charge >= 0.3 is 7.82 Å². The summed E-state index contributed by atoms with van der Waals surface area (Å²) in [6.07, 6.45) is 9.33. The molecule has 4 aliphatic carbocycles. The third-order valence-electron chi connectivity index (χ3n) is 6.14. The van der Waals surface area contributed by atoms with Gasteiger partial charge in [-0.05, 0) is 68.4 Å². The van der Waals surface area contributed by atoms with Gasteiger partial charge in [0.1, 0.15) is 18.5 Å². The van der Waals surface area contributed by atoms with Gasteiger partial charge in [-0.1, -0.05) is 18.2 Å². The standard InChI is InChI=1S/C12H18O2.C6H7O4P/c1-8-2-10-3-9(1)5-12(4-8,6-10)11-7-13-14-11;7-11(8,9)10-6-4-2-1-3-5-6/h8-11H,1-7H2;1-5H,(H2,7,8,9). The van der Waals surface area contributed by atoms with Crippen LogP contribution in [0.4, 0.5) is 0 Å². The van der Waals surface area contributed by atoms with E-state index in [4.69, 9.17) is 19.6 Å². The van der Waals surface area contributed by atoms with Crippen LogP contribution in [-0.4, -0.2) is 22.5 Å². The molecule has 7 heteroatoms. The molecule has 0 amide bonds. The Labute approximate surface area is 147 Å². The van der Waals surface area contributed by atoms with Crippen LogP contribution in [0.2, 0.25) is 0 Å². The van der Waals surface area contributed by atoms with Crippen molar-refractivity contribution in [1.29, 1.82) is 0 Å². The molecule has 1 aromatic rings. The first-order valence-electron chi connectivity index (χ1n) is 9.00. The summed E-state index contributed by atoms with van der Waals surface area (Å²) in [6.45, 7) is 0.867. The highest BCUT2D eigenvalue weighted by Gasteiger charge is 2.56. The van der Waals surface area contributed by atoms with Gasteiger partial charge in [0, 0.05) is 5.41 Å². The largest absolute Gasteiger partial charge is 0.524 e. The molecule has 25 heavy (non-hydrogen) atoms. The number of hydrogen-bond donors (Lipinski definition) is 2. The van der Waals surface area contributed by atoms with E-state index in [0.29, 0.717) is 11.5 Å². The van der Waals surface area contributed by atoms with E-state index < -0.39 is 7.82 Å². The van der Waals surface area contributed by atoms with Gasteiger partial charge in [-0.25, -0.2) is 14.3 Å². The summed E-state index contributed by atoms with van der Waals surface area (Å²) < 4.78 is 14.5. The molecule has 2 N–H and O–H groups in total. The SMILES string of the molecule is C1C2CC3CC1CC(C1COO1)(C2)C3.O=P(O)(O)Oc1ccccc1. The first-order valence-corrected chi connectivity index (χ1v) is 10.5. The third kappa shape index (κ3) is 3.93. The summed E-state index contributed by atoms with van der Waals surface area (Å²) >= 11 is 0. The van der Waals surface area contributed by atoms with Crippen LogP contribution in [0.25, 0.3) is 0 Å². The fourth-order valence-corrected chi connectivity index (χ4v) is 6.00. The normalized spacial score (nSPS) is 38.5. The van der Waals surface area contributed by atoms with Crippen molar-refractivity contribution in [3.05, 3.63) is 30.3 Å². The van der Waals surface area contributed by atoms with Crippen LogP contribution in [-0.2, 0) is 14.3 Å². The minimum absolute atomic E-state index is 0.167. The highest BCUT2D eigenvalue weighted by atomic mass is 31.2. The molecular formula is C18H25O6P. The van der Waals surface area contributed by atoms with Crippen LogP contribution in [0.5, 0.6) is 5.75 Å². The second kappa shape index (κ2) is 6.67. The zero-order chi connectivity index (χ0) is 17.5. The first-order chi connectivity index (χ1) is 11.9. The summed E-state index contributed by atoms with van der Waals surface area (Å²) in [7, 11) is -4.39. The van der Waals surface area contributed by atoms with Crippen LogP contribution in [0.3, 0.4) is 0 Å². The Kier molecular flexibility index (Phi) is 4.67. The fraction of sp³-hybridized carbons (Fsp3) is 0.667. The van der Waals surface area contributed by atoms with E-state index in [1.807, 2.05) is 0 Å². The molecule has 1 unspecified atom stereocenters.